The second-order valence-electron chi connectivity index (χ2n) is 20.4. The van der Waals surface area contributed by atoms with Crippen LogP contribution in [0, 0.1) is 27.7 Å². The van der Waals surface area contributed by atoms with Gasteiger partial charge in [0.15, 0.2) is 46.0 Å². The Morgan fingerprint density at radius 3 is 1.41 bits per heavy atom. The molecule has 0 fully saturated rings. The maximum Gasteiger partial charge on any atom is 0.177 e. The highest BCUT2D eigenvalue weighted by Crippen LogP contribution is 2.67. The van der Waals surface area contributed by atoms with Gasteiger partial charge in [-0.15, -0.1) is 0 Å². The molecule has 74 heavy (non-hydrogen) atoms. The molecule has 8 heteroatoms. The Labute approximate surface area is 437 Å². The third kappa shape index (κ3) is 7.55. The van der Waals surface area contributed by atoms with Crippen LogP contribution in [-0.4, -0.2) is 0 Å². The zero-order valence-corrected chi connectivity index (χ0v) is 44.2. The SMILES string of the molecule is CCCCCc1c(C)c(N2c3ccccc3Oc3ccc(C)c(CCCC)c32)c(N2c3ccccc3Oc3ccc(C)c(CCC)c32)c2c1Nc1cccc(N3c4ccccc4Oc4ccc(C)c(CC)c43)c1O2. The standard InChI is InChI=1S/C66H66N4O4/c1-9-13-15-25-47-43(8)60(69-50-28-17-20-32-54(50)72-58-39-36-42(7)46(63(58)69)24-14-10-2)64(70-51-29-18-21-33-55(51)73-57-38-35-41(6)45(23-11-3)62(57)70)66-59(47)67-48-26-22-30-52(65(48)74-66)68-49-27-16-19-31-53(49)71-56-37-34-40(5)44(12-4)61(56)68/h16-22,26-39,67H,9-15,23-25H2,1-8H3. The summed E-state index contributed by atoms with van der Waals surface area (Å²) in [6, 6.07) is 45.0. The third-order valence-corrected chi connectivity index (χ3v) is 15.7. The maximum absolute atomic E-state index is 8.08. The number of benzene rings is 8. The minimum atomic E-state index is 0.740. The van der Waals surface area contributed by atoms with E-state index in [0.29, 0.717) is 0 Å². The number of nitrogens with zero attached hydrogens (tertiary/aromatic N) is 3. The molecule has 0 atom stereocenters. The Bertz CT molecular complexity index is 3520. The number of unbranched alkanes of at least 4 members (excludes halogenated alkanes) is 3. The summed E-state index contributed by atoms with van der Waals surface area (Å²) in [7, 11) is 0. The molecule has 0 amide bonds. The fourth-order valence-electron chi connectivity index (χ4n) is 12.0. The van der Waals surface area contributed by atoms with Crippen LogP contribution in [0.25, 0.3) is 0 Å². The average Bonchev–Trinajstić information content (AvgIpc) is 3.42. The van der Waals surface area contributed by atoms with E-state index in [4.69, 9.17) is 18.9 Å². The quantitative estimate of drug-likeness (QED) is 0.115. The van der Waals surface area contributed by atoms with Gasteiger partial charge in [0.05, 0.1) is 56.9 Å². The summed E-state index contributed by atoms with van der Waals surface area (Å²) in [6.07, 6.45) is 9.80. The van der Waals surface area contributed by atoms with E-state index >= 15 is 0 Å². The predicted molar refractivity (Wildman–Crippen MR) is 305 cm³/mol. The minimum absolute atomic E-state index is 0.740. The number of nitrogens with one attached hydrogen (secondary N) is 1. The Kier molecular flexibility index (Phi) is 12.2. The fraction of sp³-hybridized carbons (Fsp3) is 0.273. The van der Waals surface area contributed by atoms with Gasteiger partial charge in [-0.1, -0.05) is 114 Å². The molecular weight excluding hydrogens is 913 g/mol. The molecule has 0 aromatic heterocycles. The number of para-hydroxylation sites is 7. The number of hydrogen-bond acceptors (Lipinski definition) is 8. The summed E-state index contributed by atoms with van der Waals surface area (Å²) < 4.78 is 28.9. The molecule has 0 bridgehead atoms. The average molecular weight is 979 g/mol. The Hall–Kier alpha value is -7.84. The van der Waals surface area contributed by atoms with Crippen LogP contribution >= 0.6 is 0 Å². The molecule has 4 heterocycles. The summed E-state index contributed by atoms with van der Waals surface area (Å²) in [5, 5.41) is 4.16. The van der Waals surface area contributed by atoms with Gasteiger partial charge in [-0.2, -0.15) is 0 Å². The molecule has 0 saturated carbocycles. The fourth-order valence-corrected chi connectivity index (χ4v) is 12.0. The molecule has 0 unspecified atom stereocenters. The number of aryl methyl sites for hydroxylation is 3. The van der Waals surface area contributed by atoms with E-state index in [2.05, 4.69) is 197 Å². The third-order valence-electron chi connectivity index (χ3n) is 15.7. The van der Waals surface area contributed by atoms with Gasteiger partial charge in [-0.25, -0.2) is 0 Å². The molecule has 0 radical (unpaired) electrons. The molecule has 8 nitrogen and oxygen atoms in total. The van der Waals surface area contributed by atoms with Crippen molar-refractivity contribution in [1.82, 2.24) is 0 Å². The van der Waals surface area contributed by atoms with Crippen molar-refractivity contribution in [3.8, 4) is 46.0 Å². The molecule has 8 aromatic rings. The van der Waals surface area contributed by atoms with Gasteiger partial charge < -0.3 is 29.2 Å². The number of rotatable bonds is 13. The highest BCUT2D eigenvalue weighted by molar-refractivity contribution is 6.07. The van der Waals surface area contributed by atoms with Gasteiger partial charge in [0.25, 0.3) is 0 Å². The molecular formula is C66H66N4O4. The van der Waals surface area contributed by atoms with Crippen LogP contribution in [0.2, 0.25) is 0 Å². The molecule has 8 aromatic carbocycles. The van der Waals surface area contributed by atoms with Gasteiger partial charge in [0, 0.05) is 0 Å². The van der Waals surface area contributed by atoms with Gasteiger partial charge in [-0.3, -0.25) is 9.80 Å². The second kappa shape index (κ2) is 19.2. The Morgan fingerprint density at radius 2 is 0.851 bits per heavy atom. The second-order valence-corrected chi connectivity index (χ2v) is 20.4. The van der Waals surface area contributed by atoms with Crippen LogP contribution in [0.5, 0.6) is 46.0 Å². The maximum atomic E-state index is 8.08. The van der Waals surface area contributed by atoms with Crippen molar-refractivity contribution in [2.45, 2.75) is 120 Å². The van der Waals surface area contributed by atoms with E-state index in [1.54, 1.807) is 0 Å². The summed E-state index contributed by atoms with van der Waals surface area (Å²) in [5.74, 6) is 6.38. The van der Waals surface area contributed by atoms with Crippen molar-refractivity contribution in [2.24, 2.45) is 0 Å². The summed E-state index contributed by atoms with van der Waals surface area (Å²) in [6.45, 7) is 18.1. The summed E-state index contributed by atoms with van der Waals surface area (Å²) >= 11 is 0. The lowest BCUT2D eigenvalue weighted by molar-refractivity contribution is 0.467. The molecule has 1 N–H and O–H groups in total. The van der Waals surface area contributed by atoms with Gasteiger partial charge in [0.1, 0.15) is 5.69 Å². The van der Waals surface area contributed by atoms with Crippen molar-refractivity contribution >= 4 is 62.6 Å². The molecule has 4 aliphatic heterocycles. The van der Waals surface area contributed by atoms with E-state index in [-0.39, 0.29) is 0 Å². The first-order valence-electron chi connectivity index (χ1n) is 27.1. The monoisotopic (exact) mass is 979 g/mol. The van der Waals surface area contributed by atoms with E-state index in [1.807, 2.05) is 6.07 Å². The molecule has 4 aliphatic rings. The van der Waals surface area contributed by atoms with E-state index < -0.39 is 0 Å². The smallest absolute Gasteiger partial charge is 0.177 e. The largest absolute Gasteiger partial charge is 0.453 e. The van der Waals surface area contributed by atoms with Crippen LogP contribution in [0.3, 0.4) is 0 Å². The minimum Gasteiger partial charge on any atom is -0.453 e. The highest BCUT2D eigenvalue weighted by atomic mass is 16.5. The molecule has 0 saturated heterocycles. The molecule has 12 rings (SSSR count). The number of anilines is 11. The molecule has 0 aliphatic carbocycles. The van der Waals surface area contributed by atoms with Crippen LogP contribution < -0.4 is 39.0 Å². The van der Waals surface area contributed by atoms with Gasteiger partial charge in [0.2, 0.25) is 0 Å². The Balaban J connectivity index is 1.23. The van der Waals surface area contributed by atoms with Crippen LogP contribution in [0.15, 0.2) is 127 Å². The first kappa shape index (κ1) is 47.2. The summed E-state index contributed by atoms with van der Waals surface area (Å²) in [4.78, 5) is 7.42. The lowest BCUT2D eigenvalue weighted by atomic mass is 9.91. The van der Waals surface area contributed by atoms with Crippen molar-refractivity contribution in [3.63, 3.8) is 0 Å². The normalized spacial score (nSPS) is 13.3. The van der Waals surface area contributed by atoms with E-state index in [1.165, 1.54) is 44.5 Å². The first-order valence-corrected chi connectivity index (χ1v) is 27.1. The van der Waals surface area contributed by atoms with Gasteiger partial charge in [-0.05, 0) is 177 Å². The number of hydrogen-bond donors (Lipinski definition) is 1. The zero-order chi connectivity index (χ0) is 50.8. The van der Waals surface area contributed by atoms with E-state index in [9.17, 15) is 0 Å². The first-order chi connectivity index (χ1) is 36.2. The lowest BCUT2D eigenvalue weighted by Crippen LogP contribution is -2.26. The highest BCUT2D eigenvalue weighted by Gasteiger charge is 2.42. The Morgan fingerprint density at radius 1 is 0.365 bits per heavy atom. The van der Waals surface area contributed by atoms with Crippen molar-refractivity contribution in [2.75, 3.05) is 20.0 Å². The van der Waals surface area contributed by atoms with Gasteiger partial charge >= 0.3 is 0 Å². The van der Waals surface area contributed by atoms with Crippen LogP contribution in [0.4, 0.5) is 62.6 Å². The van der Waals surface area contributed by atoms with Crippen LogP contribution in [0.1, 0.15) is 111 Å². The van der Waals surface area contributed by atoms with Crippen LogP contribution in [-0.2, 0) is 25.7 Å². The van der Waals surface area contributed by atoms with Crippen molar-refractivity contribution < 1.29 is 18.9 Å². The van der Waals surface area contributed by atoms with Crippen molar-refractivity contribution in [1.29, 1.82) is 0 Å². The van der Waals surface area contributed by atoms with Crippen molar-refractivity contribution in [3.05, 3.63) is 172 Å². The van der Waals surface area contributed by atoms with E-state index in [0.717, 1.165) is 173 Å². The number of ether oxygens (including phenoxy) is 4. The topological polar surface area (TPSA) is 58.7 Å². The number of fused-ring (bicyclic) bond motifs is 8. The lowest BCUT2D eigenvalue weighted by Gasteiger charge is -2.43. The molecule has 0 spiro atoms. The summed E-state index contributed by atoms with van der Waals surface area (Å²) in [5.41, 5.74) is 20.7. The molecule has 374 valence electrons. The predicted octanol–water partition coefficient (Wildman–Crippen LogP) is 20.1. The zero-order valence-electron chi connectivity index (χ0n) is 44.2.